The Balaban J connectivity index is 1.50. The Kier molecular flexibility index (Phi) is 4.78. The lowest BCUT2D eigenvalue weighted by atomic mass is 9.47. The average molecular weight is 397 g/mol. The normalized spacial score (nSPS) is 33.7. The molecule has 2 atom stereocenters. The van der Waals surface area contributed by atoms with Crippen molar-refractivity contribution in [3.8, 4) is 0 Å². The van der Waals surface area contributed by atoms with Gasteiger partial charge in [-0.05, 0) is 88.0 Å². The highest BCUT2D eigenvalue weighted by Crippen LogP contribution is 2.61. The van der Waals surface area contributed by atoms with Gasteiger partial charge in [0.1, 0.15) is 6.04 Å². The van der Waals surface area contributed by atoms with E-state index in [0.29, 0.717) is 5.69 Å². The van der Waals surface area contributed by atoms with Crippen LogP contribution in [0.2, 0.25) is 0 Å². The van der Waals surface area contributed by atoms with Gasteiger partial charge in [-0.25, -0.2) is 0 Å². The van der Waals surface area contributed by atoms with Crippen molar-refractivity contribution < 1.29 is 18.0 Å². The maximum atomic E-state index is 13.0. The molecule has 4 aliphatic carbocycles. The molecule has 7 heteroatoms. The van der Waals surface area contributed by atoms with Crippen LogP contribution in [0.25, 0.3) is 0 Å². The number of nitrogens with zero attached hydrogens (tertiary/aromatic N) is 2. The first kappa shape index (κ1) is 19.8. The van der Waals surface area contributed by atoms with Crippen LogP contribution < -0.4 is 5.32 Å². The van der Waals surface area contributed by atoms with Crippen molar-refractivity contribution in [1.29, 1.82) is 0 Å². The van der Waals surface area contributed by atoms with Gasteiger partial charge in [0.25, 0.3) is 0 Å². The lowest BCUT2D eigenvalue weighted by Gasteiger charge is -2.59. The minimum Gasteiger partial charge on any atom is -0.351 e. The van der Waals surface area contributed by atoms with E-state index in [4.69, 9.17) is 0 Å². The van der Waals surface area contributed by atoms with Crippen LogP contribution in [0.15, 0.2) is 6.07 Å². The van der Waals surface area contributed by atoms with E-state index >= 15 is 0 Å². The van der Waals surface area contributed by atoms with Gasteiger partial charge >= 0.3 is 6.18 Å². The van der Waals surface area contributed by atoms with Gasteiger partial charge < -0.3 is 5.32 Å². The smallest absolute Gasteiger partial charge is 0.351 e. The molecule has 0 saturated heterocycles. The van der Waals surface area contributed by atoms with Crippen LogP contribution in [0.1, 0.15) is 76.2 Å². The number of amides is 1. The molecule has 1 N–H and O–H groups in total. The number of carbonyl (C=O) groups is 1. The fraction of sp³-hybridized carbons (Fsp3) is 0.810. The molecular formula is C21H30F3N3O. The third-order valence-electron chi connectivity index (χ3n) is 7.51. The lowest BCUT2D eigenvalue weighted by Crippen LogP contribution is -2.57. The summed E-state index contributed by atoms with van der Waals surface area (Å²) in [5.41, 5.74) is -0.426. The molecule has 1 aromatic heterocycles. The van der Waals surface area contributed by atoms with Gasteiger partial charge in [-0.2, -0.15) is 18.3 Å². The Hall–Kier alpha value is -1.53. The van der Waals surface area contributed by atoms with Crippen LogP contribution in [-0.2, 0) is 11.0 Å². The highest BCUT2D eigenvalue weighted by molar-refractivity contribution is 5.80. The van der Waals surface area contributed by atoms with Gasteiger partial charge in [-0.15, -0.1) is 0 Å². The maximum Gasteiger partial charge on any atom is 0.435 e. The SMILES string of the molecule is CCC(NC(=O)C(C)n1nc(C(F)(F)F)cc1C)C12CC3CC(CC(C3)C1)C2. The fourth-order valence-corrected chi connectivity index (χ4v) is 6.71. The van der Waals surface area contributed by atoms with Gasteiger partial charge in [-0.3, -0.25) is 9.48 Å². The zero-order chi connectivity index (χ0) is 20.3. The molecule has 0 spiro atoms. The predicted molar refractivity (Wildman–Crippen MR) is 99.5 cm³/mol. The lowest BCUT2D eigenvalue weighted by molar-refractivity contribution is -0.142. The van der Waals surface area contributed by atoms with Crippen molar-refractivity contribution in [1.82, 2.24) is 15.1 Å². The van der Waals surface area contributed by atoms with Crippen molar-refractivity contribution >= 4 is 5.91 Å². The number of carbonyl (C=O) groups excluding carboxylic acids is 1. The molecule has 1 aromatic rings. The second kappa shape index (κ2) is 6.77. The second-order valence-electron chi connectivity index (χ2n) is 9.54. The number of hydrogen-bond acceptors (Lipinski definition) is 2. The molecule has 1 heterocycles. The molecule has 4 nitrogen and oxygen atoms in total. The summed E-state index contributed by atoms with van der Waals surface area (Å²) in [5.74, 6) is 2.13. The number of rotatable bonds is 5. The minimum absolute atomic E-state index is 0.0915. The highest BCUT2D eigenvalue weighted by Gasteiger charge is 2.54. The van der Waals surface area contributed by atoms with Crippen LogP contribution in [-0.4, -0.2) is 21.7 Å². The third-order valence-corrected chi connectivity index (χ3v) is 7.51. The monoisotopic (exact) mass is 397 g/mol. The molecule has 156 valence electrons. The van der Waals surface area contributed by atoms with Crippen molar-refractivity contribution in [2.45, 2.75) is 84.0 Å². The molecule has 4 bridgehead atoms. The molecule has 4 aliphatic rings. The van der Waals surface area contributed by atoms with Crippen molar-refractivity contribution in [3.63, 3.8) is 0 Å². The van der Waals surface area contributed by atoms with Gasteiger partial charge in [0.05, 0.1) is 0 Å². The Labute approximate surface area is 164 Å². The van der Waals surface area contributed by atoms with Gasteiger partial charge in [0.15, 0.2) is 5.69 Å². The zero-order valence-electron chi connectivity index (χ0n) is 16.9. The van der Waals surface area contributed by atoms with Gasteiger partial charge in [0, 0.05) is 11.7 Å². The van der Waals surface area contributed by atoms with E-state index in [9.17, 15) is 18.0 Å². The van der Waals surface area contributed by atoms with Crippen LogP contribution in [0.5, 0.6) is 0 Å². The first-order valence-electron chi connectivity index (χ1n) is 10.5. The summed E-state index contributed by atoms with van der Waals surface area (Å²) in [6.45, 7) is 5.29. The Morgan fingerprint density at radius 1 is 1.25 bits per heavy atom. The average Bonchev–Trinajstić information content (AvgIpc) is 2.99. The van der Waals surface area contributed by atoms with Crippen LogP contribution in [0, 0.1) is 30.1 Å². The quantitative estimate of drug-likeness (QED) is 0.770. The molecule has 5 rings (SSSR count). The standard InChI is InChI=1S/C21H30F3N3O/c1-4-17(20-9-14-6-15(10-20)8-16(7-14)11-20)25-19(28)13(3)27-12(2)5-18(26-27)21(22,23)24/h5,13-17H,4,6-11H2,1-3H3,(H,25,28). The summed E-state index contributed by atoms with van der Waals surface area (Å²) in [4.78, 5) is 13.0. The first-order valence-corrected chi connectivity index (χ1v) is 10.5. The molecule has 4 saturated carbocycles. The summed E-state index contributed by atoms with van der Waals surface area (Å²) in [5, 5.41) is 6.87. The van der Waals surface area contributed by atoms with Crippen LogP contribution in [0.3, 0.4) is 0 Å². The fourth-order valence-electron chi connectivity index (χ4n) is 6.71. The molecule has 4 fully saturated rings. The molecule has 1 amide bonds. The zero-order valence-corrected chi connectivity index (χ0v) is 16.9. The Morgan fingerprint density at radius 3 is 2.21 bits per heavy atom. The van der Waals surface area contributed by atoms with E-state index < -0.39 is 17.9 Å². The van der Waals surface area contributed by atoms with E-state index in [0.717, 1.165) is 30.2 Å². The first-order chi connectivity index (χ1) is 13.1. The summed E-state index contributed by atoms with van der Waals surface area (Å²) < 4.78 is 40.1. The number of alkyl halides is 3. The third kappa shape index (κ3) is 3.35. The van der Waals surface area contributed by atoms with E-state index in [1.165, 1.54) is 43.2 Å². The molecule has 0 aromatic carbocycles. The number of halogens is 3. The Morgan fingerprint density at radius 2 is 1.79 bits per heavy atom. The molecule has 0 aliphatic heterocycles. The summed E-state index contributed by atoms with van der Waals surface area (Å²) in [6.07, 6.45) is 3.93. The highest BCUT2D eigenvalue weighted by atomic mass is 19.4. The number of aryl methyl sites for hydroxylation is 1. The van der Waals surface area contributed by atoms with Crippen LogP contribution in [0.4, 0.5) is 13.2 Å². The van der Waals surface area contributed by atoms with Crippen molar-refractivity contribution in [3.05, 3.63) is 17.5 Å². The molecular weight excluding hydrogens is 367 g/mol. The number of nitrogens with one attached hydrogen (secondary N) is 1. The minimum atomic E-state index is -4.50. The van der Waals surface area contributed by atoms with Crippen molar-refractivity contribution in [2.75, 3.05) is 0 Å². The van der Waals surface area contributed by atoms with Gasteiger partial charge in [-0.1, -0.05) is 6.92 Å². The summed E-state index contributed by atoms with van der Waals surface area (Å²) in [7, 11) is 0. The summed E-state index contributed by atoms with van der Waals surface area (Å²) in [6, 6.07) is 0.327. The van der Waals surface area contributed by atoms with E-state index in [1.54, 1.807) is 13.8 Å². The van der Waals surface area contributed by atoms with E-state index in [2.05, 4.69) is 17.3 Å². The predicted octanol–water partition coefficient (Wildman–Crippen LogP) is 4.88. The maximum absolute atomic E-state index is 13.0. The van der Waals surface area contributed by atoms with Gasteiger partial charge in [0.2, 0.25) is 5.91 Å². The molecule has 2 unspecified atom stereocenters. The topological polar surface area (TPSA) is 46.9 Å². The number of aromatic nitrogens is 2. The van der Waals surface area contributed by atoms with E-state index in [1.807, 2.05) is 0 Å². The number of hydrogen-bond donors (Lipinski definition) is 1. The van der Waals surface area contributed by atoms with Crippen LogP contribution >= 0.6 is 0 Å². The van der Waals surface area contributed by atoms with E-state index in [-0.39, 0.29) is 17.4 Å². The Bertz CT molecular complexity index is 719. The second-order valence-corrected chi connectivity index (χ2v) is 9.54. The largest absolute Gasteiger partial charge is 0.435 e. The summed E-state index contributed by atoms with van der Waals surface area (Å²) >= 11 is 0. The molecule has 0 radical (unpaired) electrons. The van der Waals surface area contributed by atoms with Crippen molar-refractivity contribution in [2.24, 2.45) is 23.2 Å². The molecule has 28 heavy (non-hydrogen) atoms.